The summed E-state index contributed by atoms with van der Waals surface area (Å²) >= 11 is 0. The minimum absolute atomic E-state index is 0.127. The molecule has 0 unspecified atom stereocenters. The van der Waals surface area contributed by atoms with Crippen molar-refractivity contribution >= 4 is 28.9 Å². The maximum absolute atomic E-state index is 12.4. The summed E-state index contributed by atoms with van der Waals surface area (Å²) in [5, 5.41) is 8.68. The second-order valence-corrected chi connectivity index (χ2v) is 5.97. The highest BCUT2D eigenvalue weighted by Gasteiger charge is 2.16. The van der Waals surface area contributed by atoms with Crippen molar-refractivity contribution in [3.05, 3.63) is 42.5 Å². The molecule has 0 aromatic heterocycles. The maximum Gasteiger partial charge on any atom is 0.246 e. The predicted octanol–water partition coefficient (Wildman–Crippen LogP) is 2.86. The van der Waals surface area contributed by atoms with Crippen molar-refractivity contribution < 1.29 is 19.1 Å². The van der Waals surface area contributed by atoms with Crippen LogP contribution in [0.3, 0.4) is 0 Å². The van der Waals surface area contributed by atoms with Crippen molar-refractivity contribution in [2.45, 2.75) is 19.9 Å². The van der Waals surface area contributed by atoms with Crippen molar-refractivity contribution in [3.8, 4) is 11.5 Å². The lowest BCUT2D eigenvalue weighted by Gasteiger charge is -2.20. The first kappa shape index (κ1) is 17.6. The third-order valence-corrected chi connectivity index (χ3v) is 3.79. The summed E-state index contributed by atoms with van der Waals surface area (Å²) in [6.07, 6.45) is 0. The zero-order chi connectivity index (χ0) is 18.5. The molecular weight excluding hydrogens is 334 g/mol. The van der Waals surface area contributed by atoms with E-state index in [1.54, 1.807) is 49.4 Å². The second-order valence-electron chi connectivity index (χ2n) is 5.97. The van der Waals surface area contributed by atoms with Gasteiger partial charge < -0.3 is 25.4 Å². The summed E-state index contributed by atoms with van der Waals surface area (Å²) in [5.41, 5.74) is 2.13. The molecular formula is C19H21N3O4. The highest BCUT2D eigenvalue weighted by Crippen LogP contribution is 2.32. The fourth-order valence-electron chi connectivity index (χ4n) is 2.54. The Labute approximate surface area is 151 Å². The van der Waals surface area contributed by atoms with E-state index in [0.717, 1.165) is 5.69 Å². The molecule has 2 aromatic carbocycles. The molecule has 1 atom stereocenters. The van der Waals surface area contributed by atoms with Crippen molar-refractivity contribution in [2.24, 2.45) is 0 Å². The number of amides is 2. The van der Waals surface area contributed by atoms with Crippen molar-refractivity contribution in [2.75, 3.05) is 29.2 Å². The molecule has 0 spiro atoms. The zero-order valence-corrected chi connectivity index (χ0v) is 14.7. The highest BCUT2D eigenvalue weighted by molar-refractivity contribution is 5.96. The quantitative estimate of drug-likeness (QED) is 0.767. The molecule has 136 valence electrons. The minimum atomic E-state index is -0.449. The van der Waals surface area contributed by atoms with Crippen molar-refractivity contribution in [1.82, 2.24) is 0 Å². The molecule has 2 aromatic rings. The molecule has 0 aliphatic carbocycles. The molecule has 3 N–H and O–H groups in total. The second kappa shape index (κ2) is 7.77. The van der Waals surface area contributed by atoms with Gasteiger partial charge in [0.25, 0.3) is 0 Å². The third-order valence-electron chi connectivity index (χ3n) is 3.79. The average molecular weight is 355 g/mol. The van der Waals surface area contributed by atoms with Gasteiger partial charge in [0.1, 0.15) is 19.3 Å². The molecule has 1 aliphatic heterocycles. The molecule has 7 nitrogen and oxygen atoms in total. The topological polar surface area (TPSA) is 88.7 Å². The Morgan fingerprint density at radius 1 is 0.885 bits per heavy atom. The van der Waals surface area contributed by atoms with E-state index < -0.39 is 6.04 Å². The Hall–Kier alpha value is -3.22. The molecule has 2 amide bonds. The largest absolute Gasteiger partial charge is 0.486 e. The first-order valence-electron chi connectivity index (χ1n) is 8.36. The van der Waals surface area contributed by atoms with Crippen LogP contribution in [0.1, 0.15) is 13.8 Å². The molecule has 1 heterocycles. The summed E-state index contributed by atoms with van der Waals surface area (Å²) in [6.45, 7) is 4.25. The van der Waals surface area contributed by atoms with Crippen LogP contribution in [0, 0.1) is 0 Å². The highest BCUT2D eigenvalue weighted by atomic mass is 16.6. The number of fused-ring (bicyclic) bond motifs is 1. The fraction of sp³-hybridized carbons (Fsp3) is 0.263. The third kappa shape index (κ3) is 4.44. The molecule has 0 bridgehead atoms. The van der Waals surface area contributed by atoms with E-state index in [1.165, 1.54) is 6.92 Å². The summed E-state index contributed by atoms with van der Waals surface area (Å²) < 4.78 is 11.0. The van der Waals surface area contributed by atoms with Gasteiger partial charge in [0.15, 0.2) is 11.5 Å². The van der Waals surface area contributed by atoms with Gasteiger partial charge in [-0.1, -0.05) is 0 Å². The maximum atomic E-state index is 12.4. The van der Waals surface area contributed by atoms with E-state index in [-0.39, 0.29) is 11.8 Å². The molecule has 3 rings (SSSR count). The van der Waals surface area contributed by atoms with Crippen LogP contribution in [0.5, 0.6) is 11.5 Å². The van der Waals surface area contributed by atoms with Crippen LogP contribution in [-0.4, -0.2) is 31.1 Å². The van der Waals surface area contributed by atoms with E-state index in [2.05, 4.69) is 16.0 Å². The van der Waals surface area contributed by atoms with Crippen molar-refractivity contribution in [1.29, 1.82) is 0 Å². The smallest absolute Gasteiger partial charge is 0.246 e. The lowest BCUT2D eigenvalue weighted by molar-refractivity contribution is -0.116. The van der Waals surface area contributed by atoms with E-state index >= 15 is 0 Å². The monoisotopic (exact) mass is 355 g/mol. The summed E-state index contributed by atoms with van der Waals surface area (Å²) in [7, 11) is 0. The normalized spacial score (nSPS) is 13.5. The fourth-order valence-corrected chi connectivity index (χ4v) is 2.54. The van der Waals surface area contributed by atoms with Gasteiger partial charge in [-0.2, -0.15) is 0 Å². The van der Waals surface area contributed by atoms with Gasteiger partial charge in [-0.05, 0) is 43.3 Å². The van der Waals surface area contributed by atoms with Crippen LogP contribution < -0.4 is 25.4 Å². The number of carbonyl (C=O) groups excluding carboxylic acids is 2. The van der Waals surface area contributed by atoms with E-state index in [9.17, 15) is 9.59 Å². The summed E-state index contributed by atoms with van der Waals surface area (Å²) in [5.74, 6) is 1.01. The van der Waals surface area contributed by atoms with Gasteiger partial charge in [-0.25, -0.2) is 0 Å². The summed E-state index contributed by atoms with van der Waals surface area (Å²) in [4.78, 5) is 23.4. The van der Waals surface area contributed by atoms with Crippen LogP contribution in [-0.2, 0) is 9.59 Å². The van der Waals surface area contributed by atoms with Gasteiger partial charge in [-0.3, -0.25) is 9.59 Å². The number of rotatable bonds is 5. The van der Waals surface area contributed by atoms with Crippen LogP contribution in [0.25, 0.3) is 0 Å². The summed E-state index contributed by atoms with van der Waals surface area (Å²) in [6, 6.07) is 12.0. The SMILES string of the molecule is CC(=O)Nc1ccc(N[C@H](C)C(=O)Nc2ccc3c(c2)OCCO3)cc1. The Kier molecular flexibility index (Phi) is 5.26. The van der Waals surface area contributed by atoms with Crippen LogP contribution in [0.2, 0.25) is 0 Å². The zero-order valence-electron chi connectivity index (χ0n) is 14.7. The Balaban J connectivity index is 1.58. The van der Waals surface area contributed by atoms with Crippen LogP contribution in [0.15, 0.2) is 42.5 Å². The molecule has 26 heavy (non-hydrogen) atoms. The standard InChI is InChI=1S/C19H21N3O4/c1-12(20-14-3-5-15(6-4-14)21-13(2)23)19(24)22-16-7-8-17-18(11-16)26-10-9-25-17/h3-8,11-12,20H,9-10H2,1-2H3,(H,21,23)(H,22,24)/t12-/m1/s1. The predicted molar refractivity (Wildman–Crippen MR) is 99.9 cm³/mol. The molecule has 0 saturated heterocycles. The van der Waals surface area contributed by atoms with Gasteiger partial charge in [0.05, 0.1) is 0 Å². The van der Waals surface area contributed by atoms with Gasteiger partial charge >= 0.3 is 0 Å². The van der Waals surface area contributed by atoms with Crippen LogP contribution >= 0.6 is 0 Å². The van der Waals surface area contributed by atoms with Gasteiger partial charge in [0, 0.05) is 30.1 Å². The number of hydrogen-bond donors (Lipinski definition) is 3. The van der Waals surface area contributed by atoms with Gasteiger partial charge in [0.2, 0.25) is 11.8 Å². The van der Waals surface area contributed by atoms with E-state index in [4.69, 9.17) is 9.47 Å². The Bertz CT molecular complexity index is 805. The average Bonchev–Trinajstić information content (AvgIpc) is 2.62. The Morgan fingerprint density at radius 3 is 2.19 bits per heavy atom. The molecule has 0 fully saturated rings. The molecule has 1 aliphatic rings. The first-order chi connectivity index (χ1) is 12.5. The number of benzene rings is 2. The van der Waals surface area contributed by atoms with E-state index in [0.29, 0.717) is 36.1 Å². The van der Waals surface area contributed by atoms with Gasteiger partial charge in [-0.15, -0.1) is 0 Å². The Morgan fingerprint density at radius 2 is 1.50 bits per heavy atom. The van der Waals surface area contributed by atoms with Crippen LogP contribution in [0.4, 0.5) is 17.1 Å². The lowest BCUT2D eigenvalue weighted by atomic mass is 10.2. The number of hydrogen-bond acceptors (Lipinski definition) is 5. The first-order valence-corrected chi connectivity index (χ1v) is 8.36. The van der Waals surface area contributed by atoms with E-state index in [1.807, 2.05) is 0 Å². The lowest BCUT2D eigenvalue weighted by Crippen LogP contribution is -2.31. The van der Waals surface area contributed by atoms with Crippen molar-refractivity contribution in [3.63, 3.8) is 0 Å². The number of carbonyl (C=O) groups is 2. The molecule has 7 heteroatoms. The number of nitrogens with one attached hydrogen (secondary N) is 3. The molecule has 0 radical (unpaired) electrons. The minimum Gasteiger partial charge on any atom is -0.486 e. The molecule has 0 saturated carbocycles. The number of ether oxygens (including phenoxy) is 2. The number of anilines is 3.